The van der Waals surface area contributed by atoms with E-state index in [4.69, 9.17) is 16.3 Å². The molecule has 0 unspecified atom stereocenters. The Morgan fingerprint density at radius 3 is 2.69 bits per heavy atom. The monoisotopic (exact) mass is 371 g/mol. The zero-order valence-electron chi connectivity index (χ0n) is 13.8. The predicted molar refractivity (Wildman–Crippen MR) is 99.9 cm³/mol. The number of hydrogen-bond donors (Lipinski definition) is 2. The average molecular weight is 372 g/mol. The van der Waals surface area contributed by atoms with E-state index >= 15 is 0 Å². The SMILES string of the molecule is COc1ccc(Nc2cc(C(=O)Nc3cccc(F)c3)ccn2)cc1Cl. The summed E-state index contributed by atoms with van der Waals surface area (Å²) in [4.78, 5) is 16.5. The first-order valence-corrected chi connectivity index (χ1v) is 8.06. The van der Waals surface area contributed by atoms with Gasteiger partial charge in [-0.2, -0.15) is 0 Å². The molecule has 0 aliphatic carbocycles. The molecule has 0 fully saturated rings. The number of halogens is 2. The van der Waals surface area contributed by atoms with Gasteiger partial charge in [0.2, 0.25) is 0 Å². The molecule has 0 spiro atoms. The number of benzene rings is 2. The Bertz CT molecular complexity index is 950. The van der Waals surface area contributed by atoms with Crippen LogP contribution in [0.25, 0.3) is 0 Å². The van der Waals surface area contributed by atoms with E-state index in [0.29, 0.717) is 33.5 Å². The summed E-state index contributed by atoms with van der Waals surface area (Å²) in [5.74, 6) is 0.247. The molecule has 0 radical (unpaired) electrons. The second kappa shape index (κ2) is 7.84. The van der Waals surface area contributed by atoms with Crippen LogP contribution in [-0.4, -0.2) is 18.0 Å². The van der Waals surface area contributed by atoms with Crippen molar-refractivity contribution in [2.75, 3.05) is 17.7 Å². The Hall–Kier alpha value is -3.12. The predicted octanol–water partition coefficient (Wildman–Crippen LogP) is 4.88. The molecular weight excluding hydrogens is 357 g/mol. The van der Waals surface area contributed by atoms with Gasteiger partial charge in [-0.3, -0.25) is 4.79 Å². The summed E-state index contributed by atoms with van der Waals surface area (Å²) in [7, 11) is 1.54. The van der Waals surface area contributed by atoms with E-state index in [0.717, 1.165) is 0 Å². The largest absolute Gasteiger partial charge is 0.495 e. The first-order chi connectivity index (χ1) is 12.5. The number of ether oxygens (including phenoxy) is 1. The van der Waals surface area contributed by atoms with Gasteiger partial charge in [0.15, 0.2) is 0 Å². The number of carbonyl (C=O) groups is 1. The van der Waals surface area contributed by atoms with Gasteiger partial charge in [-0.05, 0) is 48.5 Å². The smallest absolute Gasteiger partial charge is 0.255 e. The van der Waals surface area contributed by atoms with Crippen molar-refractivity contribution < 1.29 is 13.9 Å². The summed E-state index contributed by atoms with van der Waals surface area (Å²) in [5.41, 5.74) is 1.46. The number of rotatable bonds is 5. The van der Waals surface area contributed by atoms with Gasteiger partial charge in [0.25, 0.3) is 5.91 Å². The van der Waals surface area contributed by atoms with Crippen molar-refractivity contribution in [2.45, 2.75) is 0 Å². The Morgan fingerprint density at radius 1 is 1.12 bits per heavy atom. The van der Waals surface area contributed by atoms with E-state index in [-0.39, 0.29) is 5.91 Å². The lowest BCUT2D eigenvalue weighted by Gasteiger charge is -2.10. The van der Waals surface area contributed by atoms with Crippen molar-refractivity contribution >= 4 is 34.7 Å². The van der Waals surface area contributed by atoms with Crippen LogP contribution in [0.5, 0.6) is 5.75 Å². The highest BCUT2D eigenvalue weighted by molar-refractivity contribution is 6.32. The number of methoxy groups -OCH3 is 1. The third-order valence-electron chi connectivity index (χ3n) is 3.53. The molecule has 0 aliphatic heterocycles. The van der Waals surface area contributed by atoms with Crippen LogP contribution < -0.4 is 15.4 Å². The first-order valence-electron chi connectivity index (χ1n) is 7.69. The number of amides is 1. The number of carbonyl (C=O) groups excluding carboxylic acids is 1. The van der Waals surface area contributed by atoms with Crippen LogP contribution in [0, 0.1) is 5.82 Å². The Labute approximate surface area is 154 Å². The fourth-order valence-electron chi connectivity index (χ4n) is 2.30. The third kappa shape index (κ3) is 4.29. The van der Waals surface area contributed by atoms with E-state index in [1.165, 1.54) is 31.5 Å². The minimum Gasteiger partial charge on any atom is -0.495 e. The van der Waals surface area contributed by atoms with Gasteiger partial charge < -0.3 is 15.4 Å². The summed E-state index contributed by atoms with van der Waals surface area (Å²) in [6.07, 6.45) is 1.51. The molecule has 3 aromatic rings. The van der Waals surface area contributed by atoms with Crippen molar-refractivity contribution in [3.05, 3.63) is 77.2 Å². The zero-order chi connectivity index (χ0) is 18.5. The number of nitrogens with one attached hydrogen (secondary N) is 2. The van der Waals surface area contributed by atoms with E-state index in [1.54, 1.807) is 36.4 Å². The maximum absolute atomic E-state index is 13.2. The molecule has 5 nitrogen and oxygen atoms in total. The van der Waals surface area contributed by atoms with Gasteiger partial charge in [0.05, 0.1) is 12.1 Å². The molecule has 1 aromatic heterocycles. The van der Waals surface area contributed by atoms with Crippen LogP contribution in [0.3, 0.4) is 0 Å². The second-order valence-electron chi connectivity index (χ2n) is 5.37. The highest BCUT2D eigenvalue weighted by Gasteiger charge is 2.09. The molecular formula is C19H15ClFN3O2. The van der Waals surface area contributed by atoms with Crippen LogP contribution >= 0.6 is 11.6 Å². The van der Waals surface area contributed by atoms with Crippen LogP contribution in [0.4, 0.5) is 21.6 Å². The number of aromatic nitrogens is 1. The van der Waals surface area contributed by atoms with Gasteiger partial charge in [-0.25, -0.2) is 9.37 Å². The molecule has 1 amide bonds. The van der Waals surface area contributed by atoms with Crippen molar-refractivity contribution in [3.63, 3.8) is 0 Å². The summed E-state index contributed by atoms with van der Waals surface area (Å²) < 4.78 is 18.3. The van der Waals surface area contributed by atoms with Gasteiger partial charge in [0, 0.05) is 23.1 Å². The van der Waals surface area contributed by atoms with Gasteiger partial charge in [-0.15, -0.1) is 0 Å². The van der Waals surface area contributed by atoms with Crippen LogP contribution in [0.15, 0.2) is 60.8 Å². The van der Waals surface area contributed by atoms with Crippen LogP contribution in [-0.2, 0) is 0 Å². The molecule has 0 saturated heterocycles. The molecule has 2 aromatic carbocycles. The number of pyridine rings is 1. The van der Waals surface area contributed by atoms with Gasteiger partial charge in [-0.1, -0.05) is 17.7 Å². The maximum Gasteiger partial charge on any atom is 0.255 e. The molecule has 7 heteroatoms. The number of hydrogen-bond acceptors (Lipinski definition) is 4. The quantitative estimate of drug-likeness (QED) is 0.671. The fraction of sp³-hybridized carbons (Fsp3) is 0.0526. The molecule has 0 aliphatic rings. The summed E-state index contributed by atoms with van der Waals surface area (Å²) in [5, 5.41) is 6.17. The molecule has 3 rings (SSSR count). The highest BCUT2D eigenvalue weighted by Crippen LogP contribution is 2.28. The lowest BCUT2D eigenvalue weighted by molar-refractivity contribution is 0.102. The van der Waals surface area contributed by atoms with Gasteiger partial charge in [0.1, 0.15) is 17.4 Å². The van der Waals surface area contributed by atoms with Crippen LogP contribution in [0.2, 0.25) is 5.02 Å². The summed E-state index contributed by atoms with van der Waals surface area (Å²) >= 11 is 6.10. The Morgan fingerprint density at radius 2 is 1.96 bits per heavy atom. The molecule has 0 atom stereocenters. The summed E-state index contributed by atoms with van der Waals surface area (Å²) in [6, 6.07) is 14.1. The molecule has 1 heterocycles. The number of anilines is 3. The maximum atomic E-state index is 13.2. The van der Waals surface area contributed by atoms with Crippen LogP contribution in [0.1, 0.15) is 10.4 Å². The topological polar surface area (TPSA) is 63.2 Å². The van der Waals surface area contributed by atoms with E-state index < -0.39 is 5.82 Å². The van der Waals surface area contributed by atoms with E-state index in [1.807, 2.05) is 0 Å². The van der Waals surface area contributed by atoms with E-state index in [9.17, 15) is 9.18 Å². The highest BCUT2D eigenvalue weighted by atomic mass is 35.5. The summed E-state index contributed by atoms with van der Waals surface area (Å²) in [6.45, 7) is 0. The molecule has 2 N–H and O–H groups in total. The lowest BCUT2D eigenvalue weighted by atomic mass is 10.2. The second-order valence-corrected chi connectivity index (χ2v) is 5.78. The molecule has 132 valence electrons. The Balaban J connectivity index is 1.75. The lowest BCUT2D eigenvalue weighted by Crippen LogP contribution is -2.12. The van der Waals surface area contributed by atoms with Crippen molar-refractivity contribution in [3.8, 4) is 5.75 Å². The third-order valence-corrected chi connectivity index (χ3v) is 3.82. The van der Waals surface area contributed by atoms with Gasteiger partial charge >= 0.3 is 0 Å². The van der Waals surface area contributed by atoms with Crippen molar-refractivity contribution in [2.24, 2.45) is 0 Å². The minimum absolute atomic E-state index is 0.367. The standard InChI is InChI=1S/C19H15ClFN3O2/c1-26-17-6-5-15(11-16(17)20)23-18-9-12(7-8-22-18)19(25)24-14-4-2-3-13(21)10-14/h2-11H,1H3,(H,22,23)(H,24,25). The number of nitrogens with zero attached hydrogens (tertiary/aromatic N) is 1. The van der Waals surface area contributed by atoms with Crippen molar-refractivity contribution in [1.29, 1.82) is 0 Å². The van der Waals surface area contributed by atoms with E-state index in [2.05, 4.69) is 15.6 Å². The minimum atomic E-state index is -0.420. The molecule has 0 saturated carbocycles. The van der Waals surface area contributed by atoms with Crippen molar-refractivity contribution in [1.82, 2.24) is 4.98 Å². The molecule has 0 bridgehead atoms. The normalized spacial score (nSPS) is 10.3. The first kappa shape index (κ1) is 17.7. The average Bonchev–Trinajstić information content (AvgIpc) is 2.62. The molecule has 26 heavy (non-hydrogen) atoms. The Kier molecular flexibility index (Phi) is 5.34. The fourth-order valence-corrected chi connectivity index (χ4v) is 2.56. The zero-order valence-corrected chi connectivity index (χ0v) is 14.5.